The Balaban J connectivity index is 2.85. The Morgan fingerprint density at radius 2 is 2.13 bits per heavy atom. The fourth-order valence-corrected chi connectivity index (χ4v) is 1.22. The second kappa shape index (κ2) is 4.62. The number of hydrogen-bond acceptors (Lipinski definition) is 2. The van der Waals surface area contributed by atoms with Crippen molar-refractivity contribution >= 4 is 17.2 Å². The standard InChI is InChI=1S/C12H17NOS/c1-4-9-6-5-7-10(8-9)14-12(2,3)11(13)15/h5-8H,4H2,1-3H3,(H2,13,15). The van der Waals surface area contributed by atoms with Gasteiger partial charge in [0.25, 0.3) is 0 Å². The topological polar surface area (TPSA) is 35.2 Å². The SMILES string of the molecule is CCc1cccc(OC(C)(C)C(N)=S)c1. The van der Waals surface area contributed by atoms with Crippen LogP contribution in [0.2, 0.25) is 0 Å². The molecule has 0 atom stereocenters. The van der Waals surface area contributed by atoms with Crippen molar-refractivity contribution in [2.45, 2.75) is 32.8 Å². The molecule has 2 N–H and O–H groups in total. The van der Waals surface area contributed by atoms with Crippen LogP contribution in [0.4, 0.5) is 0 Å². The maximum atomic E-state index is 5.74. The van der Waals surface area contributed by atoms with Crippen LogP contribution in [0.1, 0.15) is 26.3 Å². The van der Waals surface area contributed by atoms with E-state index in [2.05, 4.69) is 13.0 Å². The Hall–Kier alpha value is -1.09. The van der Waals surface area contributed by atoms with Gasteiger partial charge < -0.3 is 10.5 Å². The molecule has 2 nitrogen and oxygen atoms in total. The van der Waals surface area contributed by atoms with Gasteiger partial charge in [0.15, 0.2) is 5.60 Å². The van der Waals surface area contributed by atoms with E-state index in [0.717, 1.165) is 12.2 Å². The van der Waals surface area contributed by atoms with E-state index in [-0.39, 0.29) is 0 Å². The molecule has 0 heterocycles. The summed E-state index contributed by atoms with van der Waals surface area (Å²) in [5, 5.41) is 0. The van der Waals surface area contributed by atoms with Gasteiger partial charge in [-0.1, -0.05) is 31.3 Å². The predicted molar refractivity (Wildman–Crippen MR) is 67.3 cm³/mol. The summed E-state index contributed by atoms with van der Waals surface area (Å²) in [4.78, 5) is 0.365. The minimum atomic E-state index is -0.596. The summed E-state index contributed by atoms with van der Waals surface area (Å²) < 4.78 is 5.74. The molecule has 0 spiro atoms. The highest BCUT2D eigenvalue weighted by atomic mass is 32.1. The van der Waals surface area contributed by atoms with Gasteiger partial charge in [0.2, 0.25) is 0 Å². The molecule has 0 bridgehead atoms. The number of rotatable bonds is 4. The van der Waals surface area contributed by atoms with Gasteiger partial charge in [0.1, 0.15) is 10.7 Å². The normalized spacial score (nSPS) is 11.1. The second-order valence-corrected chi connectivity index (χ2v) is 4.42. The minimum absolute atomic E-state index is 0.365. The zero-order valence-corrected chi connectivity index (χ0v) is 10.2. The van der Waals surface area contributed by atoms with Gasteiger partial charge in [-0.15, -0.1) is 0 Å². The van der Waals surface area contributed by atoms with E-state index >= 15 is 0 Å². The number of aryl methyl sites for hydroxylation is 1. The van der Waals surface area contributed by atoms with Gasteiger partial charge in [-0.3, -0.25) is 0 Å². The highest BCUT2D eigenvalue weighted by molar-refractivity contribution is 7.80. The van der Waals surface area contributed by atoms with Crippen LogP contribution < -0.4 is 10.5 Å². The van der Waals surface area contributed by atoms with E-state index in [1.165, 1.54) is 5.56 Å². The van der Waals surface area contributed by atoms with Crippen LogP contribution in [0.25, 0.3) is 0 Å². The number of ether oxygens (including phenoxy) is 1. The molecule has 0 radical (unpaired) electrons. The predicted octanol–water partition coefficient (Wildman–Crippen LogP) is 2.69. The Morgan fingerprint density at radius 1 is 1.47 bits per heavy atom. The lowest BCUT2D eigenvalue weighted by atomic mass is 10.1. The lowest BCUT2D eigenvalue weighted by molar-refractivity contribution is 0.184. The monoisotopic (exact) mass is 223 g/mol. The summed E-state index contributed by atoms with van der Waals surface area (Å²) in [6.45, 7) is 5.85. The van der Waals surface area contributed by atoms with Crippen molar-refractivity contribution in [3.05, 3.63) is 29.8 Å². The summed E-state index contributed by atoms with van der Waals surface area (Å²) >= 11 is 4.94. The van der Waals surface area contributed by atoms with Gasteiger partial charge in [0, 0.05) is 0 Å². The average molecular weight is 223 g/mol. The Morgan fingerprint density at radius 3 is 2.67 bits per heavy atom. The molecule has 1 aromatic rings. The maximum absolute atomic E-state index is 5.74. The quantitative estimate of drug-likeness (QED) is 0.797. The van der Waals surface area contributed by atoms with Crippen molar-refractivity contribution in [3.8, 4) is 5.75 Å². The zero-order valence-electron chi connectivity index (χ0n) is 9.41. The molecule has 0 aliphatic carbocycles. The van der Waals surface area contributed by atoms with Crippen LogP contribution in [0.3, 0.4) is 0 Å². The van der Waals surface area contributed by atoms with E-state index in [9.17, 15) is 0 Å². The molecule has 0 saturated heterocycles. The molecular weight excluding hydrogens is 206 g/mol. The summed E-state index contributed by atoms with van der Waals surface area (Å²) in [5.74, 6) is 0.812. The van der Waals surface area contributed by atoms with Gasteiger partial charge in [-0.2, -0.15) is 0 Å². The molecular formula is C12H17NOS. The van der Waals surface area contributed by atoms with Crippen molar-refractivity contribution < 1.29 is 4.74 Å². The zero-order chi connectivity index (χ0) is 11.5. The van der Waals surface area contributed by atoms with Gasteiger partial charge in [-0.05, 0) is 38.0 Å². The van der Waals surface area contributed by atoms with Gasteiger partial charge in [0.05, 0.1) is 0 Å². The molecule has 82 valence electrons. The number of nitrogens with two attached hydrogens (primary N) is 1. The van der Waals surface area contributed by atoms with Crippen molar-refractivity contribution in [2.75, 3.05) is 0 Å². The number of benzene rings is 1. The minimum Gasteiger partial charge on any atom is -0.481 e. The van der Waals surface area contributed by atoms with Crippen molar-refractivity contribution in [1.82, 2.24) is 0 Å². The van der Waals surface area contributed by atoms with E-state index in [4.69, 9.17) is 22.7 Å². The van der Waals surface area contributed by atoms with Crippen LogP contribution in [-0.2, 0) is 6.42 Å². The molecule has 0 aliphatic heterocycles. The number of hydrogen-bond donors (Lipinski definition) is 1. The molecule has 0 unspecified atom stereocenters. The largest absolute Gasteiger partial charge is 0.481 e. The van der Waals surface area contributed by atoms with Crippen LogP contribution in [0.5, 0.6) is 5.75 Å². The third-order valence-electron chi connectivity index (χ3n) is 2.27. The van der Waals surface area contributed by atoms with Crippen molar-refractivity contribution in [3.63, 3.8) is 0 Å². The summed E-state index contributed by atoms with van der Waals surface area (Å²) in [6.07, 6.45) is 0.991. The fraction of sp³-hybridized carbons (Fsp3) is 0.417. The summed E-state index contributed by atoms with van der Waals surface area (Å²) in [5.41, 5.74) is 6.24. The smallest absolute Gasteiger partial charge is 0.153 e. The van der Waals surface area contributed by atoms with Crippen LogP contribution in [0, 0.1) is 0 Å². The van der Waals surface area contributed by atoms with E-state index in [1.54, 1.807) is 0 Å². The molecule has 15 heavy (non-hydrogen) atoms. The van der Waals surface area contributed by atoms with Crippen LogP contribution in [-0.4, -0.2) is 10.6 Å². The van der Waals surface area contributed by atoms with E-state index in [1.807, 2.05) is 32.0 Å². The third kappa shape index (κ3) is 3.20. The third-order valence-corrected chi connectivity index (χ3v) is 2.76. The molecule has 1 rings (SSSR count). The highest BCUT2D eigenvalue weighted by Crippen LogP contribution is 2.20. The molecule has 0 aromatic heterocycles. The fourth-order valence-electron chi connectivity index (χ4n) is 1.17. The average Bonchev–Trinajstić information content (AvgIpc) is 2.17. The van der Waals surface area contributed by atoms with Gasteiger partial charge in [-0.25, -0.2) is 0 Å². The first kappa shape index (κ1) is 12.0. The van der Waals surface area contributed by atoms with Crippen LogP contribution in [0.15, 0.2) is 24.3 Å². The van der Waals surface area contributed by atoms with E-state index in [0.29, 0.717) is 4.99 Å². The first-order valence-corrected chi connectivity index (χ1v) is 5.44. The molecule has 0 amide bonds. The Bertz CT molecular complexity index is 360. The second-order valence-electron chi connectivity index (χ2n) is 3.98. The first-order valence-electron chi connectivity index (χ1n) is 5.03. The number of thiocarbonyl (C=S) groups is 1. The Labute approximate surface area is 96.4 Å². The Kier molecular flexibility index (Phi) is 3.69. The van der Waals surface area contributed by atoms with Crippen molar-refractivity contribution in [2.24, 2.45) is 5.73 Å². The van der Waals surface area contributed by atoms with Gasteiger partial charge >= 0.3 is 0 Å². The highest BCUT2D eigenvalue weighted by Gasteiger charge is 2.23. The van der Waals surface area contributed by atoms with Crippen LogP contribution >= 0.6 is 12.2 Å². The lowest BCUT2D eigenvalue weighted by Crippen LogP contribution is -2.42. The molecule has 1 aromatic carbocycles. The maximum Gasteiger partial charge on any atom is 0.153 e. The lowest BCUT2D eigenvalue weighted by Gasteiger charge is -2.25. The molecule has 3 heteroatoms. The molecule has 0 saturated carbocycles. The summed E-state index contributed by atoms with van der Waals surface area (Å²) in [7, 11) is 0. The van der Waals surface area contributed by atoms with Crippen molar-refractivity contribution in [1.29, 1.82) is 0 Å². The molecule has 0 fully saturated rings. The summed E-state index contributed by atoms with van der Waals surface area (Å²) in [6, 6.07) is 7.98. The molecule has 0 aliphatic rings. The first-order chi connectivity index (χ1) is 6.95. The van der Waals surface area contributed by atoms with E-state index < -0.39 is 5.60 Å².